The van der Waals surface area contributed by atoms with Gasteiger partial charge in [0.25, 0.3) is 0 Å². The first-order chi connectivity index (χ1) is 28.8. The van der Waals surface area contributed by atoms with E-state index in [-0.39, 0.29) is 31.1 Å². The van der Waals surface area contributed by atoms with Crippen molar-refractivity contribution in [2.75, 3.05) is 13.2 Å². The molecule has 0 spiro atoms. The lowest BCUT2D eigenvalue weighted by Crippen LogP contribution is -2.30. The maximum atomic E-state index is 12.8. The molecule has 0 aliphatic carbocycles. The molecule has 1 unspecified atom stereocenters. The van der Waals surface area contributed by atoms with Gasteiger partial charge in [-0.2, -0.15) is 0 Å². The van der Waals surface area contributed by atoms with Crippen molar-refractivity contribution in [2.24, 2.45) is 11.8 Å². The molecule has 6 heteroatoms. The van der Waals surface area contributed by atoms with Gasteiger partial charge in [0.1, 0.15) is 13.2 Å². The summed E-state index contributed by atoms with van der Waals surface area (Å²) in [5.41, 5.74) is 0. The van der Waals surface area contributed by atoms with Gasteiger partial charge in [-0.25, -0.2) is 0 Å². The van der Waals surface area contributed by atoms with E-state index >= 15 is 0 Å². The van der Waals surface area contributed by atoms with Crippen LogP contribution in [0, 0.1) is 11.8 Å². The normalized spacial score (nSPS) is 12.5. The largest absolute Gasteiger partial charge is 0.462 e. The van der Waals surface area contributed by atoms with Crippen LogP contribution in [0.3, 0.4) is 0 Å². The van der Waals surface area contributed by atoms with Crippen molar-refractivity contribution in [3.05, 3.63) is 0 Å². The van der Waals surface area contributed by atoms with Gasteiger partial charge in [-0.05, 0) is 31.1 Å². The SMILES string of the molecule is CCCCCCCCCCCCCCCCCCCC(=O)OC[C@@H](COC(=O)CCCCCCCCCCC(C)CC)OC(=O)CCCCCCCCCCCC(C)C. The molecule has 0 bridgehead atoms. The Hall–Kier alpha value is -1.59. The Morgan fingerprint density at radius 2 is 0.644 bits per heavy atom. The molecule has 0 aliphatic rings. The topological polar surface area (TPSA) is 78.9 Å². The van der Waals surface area contributed by atoms with E-state index in [1.807, 2.05) is 0 Å². The van der Waals surface area contributed by atoms with Crippen LogP contribution >= 0.6 is 0 Å². The van der Waals surface area contributed by atoms with Crippen LogP contribution in [0.2, 0.25) is 0 Å². The summed E-state index contributed by atoms with van der Waals surface area (Å²) in [7, 11) is 0. The highest BCUT2D eigenvalue weighted by Crippen LogP contribution is 2.18. The van der Waals surface area contributed by atoms with Crippen LogP contribution < -0.4 is 0 Å². The highest BCUT2D eigenvalue weighted by Gasteiger charge is 2.19. The summed E-state index contributed by atoms with van der Waals surface area (Å²) >= 11 is 0. The summed E-state index contributed by atoms with van der Waals surface area (Å²) in [6.07, 6.45) is 46.6. The zero-order valence-electron chi connectivity index (χ0n) is 40.4. The first-order valence-electron chi connectivity index (χ1n) is 26.3. The predicted molar refractivity (Wildman–Crippen MR) is 252 cm³/mol. The molecule has 0 aliphatic heterocycles. The number of ether oxygens (including phenoxy) is 3. The second-order valence-electron chi connectivity index (χ2n) is 18.9. The molecule has 6 nitrogen and oxygen atoms in total. The van der Waals surface area contributed by atoms with Gasteiger partial charge in [0.2, 0.25) is 0 Å². The fourth-order valence-corrected chi connectivity index (χ4v) is 7.96. The maximum absolute atomic E-state index is 12.8. The van der Waals surface area contributed by atoms with Crippen LogP contribution in [0.15, 0.2) is 0 Å². The van der Waals surface area contributed by atoms with Crippen molar-refractivity contribution in [3.8, 4) is 0 Å². The fourth-order valence-electron chi connectivity index (χ4n) is 7.96. The number of unbranched alkanes of at least 4 members (excludes halogenated alkanes) is 31. The molecular formula is C53H102O6. The Kier molecular flexibility index (Phi) is 44.7. The molecule has 0 N–H and O–H groups in total. The summed E-state index contributed by atoms with van der Waals surface area (Å²) in [5.74, 6) is 0.803. The second-order valence-corrected chi connectivity index (χ2v) is 18.9. The summed E-state index contributed by atoms with van der Waals surface area (Å²) < 4.78 is 16.8. The van der Waals surface area contributed by atoms with Crippen LogP contribution in [-0.4, -0.2) is 37.2 Å². The third-order valence-electron chi connectivity index (χ3n) is 12.3. The molecular weight excluding hydrogens is 733 g/mol. The van der Waals surface area contributed by atoms with E-state index in [1.54, 1.807) is 0 Å². The minimum Gasteiger partial charge on any atom is -0.462 e. The van der Waals surface area contributed by atoms with E-state index in [4.69, 9.17) is 14.2 Å². The summed E-state index contributed by atoms with van der Waals surface area (Å²) in [4.78, 5) is 37.9. The number of hydrogen-bond acceptors (Lipinski definition) is 6. The van der Waals surface area contributed by atoms with Crippen LogP contribution in [0.5, 0.6) is 0 Å². The van der Waals surface area contributed by atoms with Gasteiger partial charge in [-0.1, -0.05) is 253 Å². The molecule has 0 saturated heterocycles. The molecule has 0 aromatic carbocycles. The lowest BCUT2D eigenvalue weighted by atomic mass is 9.99. The number of esters is 3. The Bertz CT molecular complexity index is 902. The van der Waals surface area contributed by atoms with Gasteiger partial charge in [-0.15, -0.1) is 0 Å². The maximum Gasteiger partial charge on any atom is 0.306 e. The zero-order valence-corrected chi connectivity index (χ0v) is 40.4. The third kappa shape index (κ3) is 45.8. The molecule has 0 aromatic heterocycles. The smallest absolute Gasteiger partial charge is 0.306 e. The lowest BCUT2D eigenvalue weighted by Gasteiger charge is -2.18. The van der Waals surface area contributed by atoms with E-state index in [0.717, 1.165) is 69.6 Å². The van der Waals surface area contributed by atoms with Crippen LogP contribution in [0.25, 0.3) is 0 Å². The molecule has 0 radical (unpaired) electrons. The Morgan fingerprint density at radius 3 is 0.966 bits per heavy atom. The molecule has 0 heterocycles. The Morgan fingerprint density at radius 1 is 0.356 bits per heavy atom. The van der Waals surface area contributed by atoms with Crippen LogP contribution in [0.1, 0.15) is 291 Å². The van der Waals surface area contributed by atoms with Gasteiger partial charge >= 0.3 is 17.9 Å². The minimum atomic E-state index is -0.762. The molecule has 0 saturated carbocycles. The van der Waals surface area contributed by atoms with Gasteiger partial charge in [-0.3, -0.25) is 14.4 Å². The van der Waals surface area contributed by atoms with Crippen molar-refractivity contribution in [2.45, 2.75) is 298 Å². The molecule has 0 amide bonds. The predicted octanol–water partition coefficient (Wildman–Crippen LogP) is 16.9. The van der Waals surface area contributed by atoms with Crippen molar-refractivity contribution < 1.29 is 28.6 Å². The second kappa shape index (κ2) is 45.9. The average molecular weight is 835 g/mol. The number of rotatable bonds is 47. The Balaban J connectivity index is 4.29. The first kappa shape index (κ1) is 57.4. The van der Waals surface area contributed by atoms with E-state index in [0.29, 0.717) is 19.3 Å². The van der Waals surface area contributed by atoms with Crippen LogP contribution in [0.4, 0.5) is 0 Å². The van der Waals surface area contributed by atoms with Gasteiger partial charge in [0.15, 0.2) is 6.10 Å². The number of carbonyl (C=O) groups is 3. The van der Waals surface area contributed by atoms with Gasteiger partial charge in [0.05, 0.1) is 0 Å². The number of carbonyl (C=O) groups excluding carboxylic acids is 3. The molecule has 2 atom stereocenters. The monoisotopic (exact) mass is 835 g/mol. The van der Waals surface area contributed by atoms with E-state index < -0.39 is 6.10 Å². The Labute approximate surface area is 368 Å². The van der Waals surface area contributed by atoms with E-state index in [9.17, 15) is 14.4 Å². The quantitative estimate of drug-likeness (QED) is 0.0345. The molecule has 0 aromatic rings. The standard InChI is InChI=1S/C53H102O6/c1-6-8-9-10-11-12-13-14-15-16-17-18-19-22-28-33-38-43-51(54)57-46-50(59-53(56)45-40-35-30-23-20-21-26-31-36-41-48(3)4)47-58-52(55)44-39-34-29-25-24-27-32-37-42-49(5)7-2/h48-50H,6-47H2,1-5H3/t49?,50-/m0/s1. The van der Waals surface area contributed by atoms with Crippen molar-refractivity contribution in [1.29, 1.82) is 0 Å². The van der Waals surface area contributed by atoms with Gasteiger partial charge in [0, 0.05) is 19.3 Å². The molecule has 350 valence electrons. The highest BCUT2D eigenvalue weighted by atomic mass is 16.6. The highest BCUT2D eigenvalue weighted by molar-refractivity contribution is 5.71. The fraction of sp³-hybridized carbons (Fsp3) is 0.943. The first-order valence-corrected chi connectivity index (χ1v) is 26.3. The molecule has 0 rings (SSSR count). The summed E-state index contributed by atoms with van der Waals surface area (Å²) in [5, 5.41) is 0. The van der Waals surface area contributed by atoms with Crippen LogP contribution in [-0.2, 0) is 28.6 Å². The third-order valence-corrected chi connectivity index (χ3v) is 12.3. The van der Waals surface area contributed by atoms with Crippen molar-refractivity contribution in [1.82, 2.24) is 0 Å². The number of hydrogen-bond donors (Lipinski definition) is 0. The van der Waals surface area contributed by atoms with E-state index in [2.05, 4.69) is 34.6 Å². The minimum absolute atomic E-state index is 0.0641. The summed E-state index contributed by atoms with van der Waals surface area (Å²) in [6, 6.07) is 0. The lowest BCUT2D eigenvalue weighted by molar-refractivity contribution is -0.167. The van der Waals surface area contributed by atoms with Gasteiger partial charge < -0.3 is 14.2 Å². The van der Waals surface area contributed by atoms with Crippen molar-refractivity contribution >= 4 is 17.9 Å². The molecule has 0 fully saturated rings. The van der Waals surface area contributed by atoms with Crippen molar-refractivity contribution in [3.63, 3.8) is 0 Å². The molecule has 59 heavy (non-hydrogen) atoms. The average Bonchev–Trinajstić information content (AvgIpc) is 3.22. The van der Waals surface area contributed by atoms with E-state index in [1.165, 1.54) is 180 Å². The summed E-state index contributed by atoms with van der Waals surface area (Å²) in [6.45, 7) is 11.4. The zero-order chi connectivity index (χ0) is 43.3.